The molecule has 2 amide bonds. The number of rotatable bonds is 4. The Hall–Kier alpha value is -1.91. The Bertz CT molecular complexity index is 534. The SMILES string of the molecule is CC(C)CNC(=O)c1cc(C(=O)N2CCC(C)CC2)ccn1. The van der Waals surface area contributed by atoms with Crippen molar-refractivity contribution in [1.29, 1.82) is 0 Å². The largest absolute Gasteiger partial charge is 0.350 e. The van der Waals surface area contributed by atoms with Gasteiger partial charge in [0.1, 0.15) is 5.69 Å². The zero-order valence-electron chi connectivity index (χ0n) is 13.6. The highest BCUT2D eigenvalue weighted by Crippen LogP contribution is 2.18. The minimum atomic E-state index is -0.226. The molecular weight excluding hydrogens is 278 g/mol. The Kier molecular flexibility index (Phi) is 5.52. The second kappa shape index (κ2) is 7.38. The zero-order chi connectivity index (χ0) is 16.1. The molecule has 0 bridgehead atoms. The molecule has 0 atom stereocenters. The molecule has 120 valence electrons. The van der Waals surface area contributed by atoms with E-state index in [1.807, 2.05) is 18.7 Å². The van der Waals surface area contributed by atoms with Crippen LogP contribution in [-0.2, 0) is 0 Å². The molecule has 1 aliphatic rings. The van der Waals surface area contributed by atoms with Crippen molar-refractivity contribution in [2.45, 2.75) is 33.6 Å². The van der Waals surface area contributed by atoms with Crippen molar-refractivity contribution in [3.05, 3.63) is 29.6 Å². The van der Waals surface area contributed by atoms with Gasteiger partial charge in [0.25, 0.3) is 11.8 Å². The first-order chi connectivity index (χ1) is 10.5. The number of aromatic nitrogens is 1. The Morgan fingerprint density at radius 3 is 2.68 bits per heavy atom. The third-order valence-corrected chi connectivity index (χ3v) is 3.98. The highest BCUT2D eigenvalue weighted by atomic mass is 16.2. The van der Waals surface area contributed by atoms with E-state index < -0.39 is 0 Å². The zero-order valence-corrected chi connectivity index (χ0v) is 13.6. The fourth-order valence-corrected chi connectivity index (χ4v) is 2.47. The predicted octanol–water partition coefficient (Wildman–Crippen LogP) is 2.34. The minimum absolute atomic E-state index is 0.00721. The first kappa shape index (κ1) is 16.5. The van der Waals surface area contributed by atoms with Crippen LogP contribution in [0.5, 0.6) is 0 Å². The van der Waals surface area contributed by atoms with E-state index in [1.54, 1.807) is 12.1 Å². The van der Waals surface area contributed by atoms with Crippen LogP contribution >= 0.6 is 0 Å². The molecule has 2 rings (SSSR count). The Morgan fingerprint density at radius 1 is 1.36 bits per heavy atom. The third-order valence-electron chi connectivity index (χ3n) is 3.98. The van der Waals surface area contributed by atoms with E-state index in [9.17, 15) is 9.59 Å². The van der Waals surface area contributed by atoms with Crippen molar-refractivity contribution < 1.29 is 9.59 Å². The molecule has 1 fully saturated rings. The van der Waals surface area contributed by atoms with E-state index in [-0.39, 0.29) is 11.8 Å². The molecular formula is C17H25N3O2. The van der Waals surface area contributed by atoms with Crippen LogP contribution in [0.25, 0.3) is 0 Å². The van der Waals surface area contributed by atoms with Crippen molar-refractivity contribution in [3.8, 4) is 0 Å². The molecule has 0 saturated carbocycles. The van der Waals surface area contributed by atoms with Crippen LogP contribution in [0.3, 0.4) is 0 Å². The van der Waals surface area contributed by atoms with Crippen LogP contribution < -0.4 is 5.32 Å². The average Bonchev–Trinajstić information content (AvgIpc) is 2.52. The van der Waals surface area contributed by atoms with E-state index in [0.717, 1.165) is 25.9 Å². The van der Waals surface area contributed by atoms with E-state index in [2.05, 4.69) is 17.2 Å². The second-order valence-electron chi connectivity index (χ2n) is 6.51. The standard InChI is InChI=1S/C17H25N3O2/c1-12(2)11-19-16(21)15-10-14(4-7-18-15)17(22)20-8-5-13(3)6-9-20/h4,7,10,12-13H,5-6,8-9,11H2,1-3H3,(H,19,21). The maximum atomic E-state index is 12.5. The lowest BCUT2D eigenvalue weighted by Gasteiger charge is -2.30. The highest BCUT2D eigenvalue weighted by molar-refractivity contribution is 5.98. The van der Waals surface area contributed by atoms with Crippen LogP contribution in [0.1, 0.15) is 54.5 Å². The first-order valence-electron chi connectivity index (χ1n) is 8.01. The van der Waals surface area contributed by atoms with Crippen LogP contribution in [0, 0.1) is 11.8 Å². The van der Waals surface area contributed by atoms with Crippen molar-refractivity contribution in [1.82, 2.24) is 15.2 Å². The maximum absolute atomic E-state index is 12.5. The normalized spacial score (nSPS) is 15.9. The summed E-state index contributed by atoms with van der Waals surface area (Å²) >= 11 is 0. The molecule has 2 heterocycles. The molecule has 0 aliphatic carbocycles. The smallest absolute Gasteiger partial charge is 0.269 e. The topological polar surface area (TPSA) is 62.3 Å². The van der Waals surface area contributed by atoms with Crippen LogP contribution in [-0.4, -0.2) is 41.3 Å². The Morgan fingerprint density at radius 2 is 2.05 bits per heavy atom. The quantitative estimate of drug-likeness (QED) is 0.928. The summed E-state index contributed by atoms with van der Waals surface area (Å²) < 4.78 is 0. The van der Waals surface area contributed by atoms with Crippen molar-refractivity contribution in [3.63, 3.8) is 0 Å². The number of hydrogen-bond donors (Lipinski definition) is 1. The maximum Gasteiger partial charge on any atom is 0.269 e. The lowest BCUT2D eigenvalue weighted by Crippen LogP contribution is -2.38. The summed E-state index contributed by atoms with van der Waals surface area (Å²) in [5.74, 6) is 0.825. The van der Waals surface area contributed by atoms with Gasteiger partial charge >= 0.3 is 0 Å². The van der Waals surface area contributed by atoms with Gasteiger partial charge in [-0.2, -0.15) is 0 Å². The van der Waals surface area contributed by atoms with Gasteiger partial charge in [0.2, 0.25) is 0 Å². The molecule has 0 radical (unpaired) electrons. The number of nitrogens with zero attached hydrogens (tertiary/aromatic N) is 2. The molecule has 0 unspecified atom stereocenters. The monoisotopic (exact) mass is 303 g/mol. The Labute approximate surface area is 132 Å². The van der Waals surface area contributed by atoms with Gasteiger partial charge < -0.3 is 10.2 Å². The van der Waals surface area contributed by atoms with Gasteiger partial charge in [-0.15, -0.1) is 0 Å². The predicted molar refractivity (Wildman–Crippen MR) is 85.7 cm³/mol. The van der Waals surface area contributed by atoms with Gasteiger partial charge in [-0.25, -0.2) is 0 Å². The van der Waals surface area contributed by atoms with Crippen LogP contribution in [0.4, 0.5) is 0 Å². The molecule has 5 heteroatoms. The summed E-state index contributed by atoms with van der Waals surface area (Å²) in [7, 11) is 0. The van der Waals surface area contributed by atoms with Gasteiger partial charge in [0.15, 0.2) is 0 Å². The molecule has 0 aromatic carbocycles. The number of amides is 2. The van der Waals surface area contributed by atoms with Gasteiger partial charge in [-0.1, -0.05) is 20.8 Å². The van der Waals surface area contributed by atoms with Gasteiger partial charge in [0, 0.05) is 31.4 Å². The summed E-state index contributed by atoms with van der Waals surface area (Å²) in [5.41, 5.74) is 0.844. The molecule has 1 saturated heterocycles. The number of likely N-dealkylation sites (tertiary alicyclic amines) is 1. The number of piperidine rings is 1. The van der Waals surface area contributed by atoms with Crippen molar-refractivity contribution in [2.75, 3.05) is 19.6 Å². The summed E-state index contributed by atoms with van der Waals surface area (Å²) in [5, 5.41) is 2.82. The van der Waals surface area contributed by atoms with Crippen LogP contribution in [0.2, 0.25) is 0 Å². The van der Waals surface area contributed by atoms with E-state index in [4.69, 9.17) is 0 Å². The highest BCUT2D eigenvalue weighted by Gasteiger charge is 2.22. The molecule has 22 heavy (non-hydrogen) atoms. The minimum Gasteiger partial charge on any atom is -0.350 e. The molecule has 1 N–H and O–H groups in total. The Balaban J connectivity index is 2.04. The number of carbonyl (C=O) groups excluding carboxylic acids is 2. The third kappa shape index (κ3) is 4.29. The van der Waals surface area contributed by atoms with Crippen molar-refractivity contribution in [2.24, 2.45) is 11.8 Å². The van der Waals surface area contributed by atoms with Gasteiger partial charge in [0.05, 0.1) is 0 Å². The number of hydrogen-bond acceptors (Lipinski definition) is 3. The fourth-order valence-electron chi connectivity index (χ4n) is 2.47. The molecule has 5 nitrogen and oxygen atoms in total. The van der Waals surface area contributed by atoms with E-state index in [1.165, 1.54) is 6.20 Å². The molecule has 0 spiro atoms. The van der Waals surface area contributed by atoms with Gasteiger partial charge in [-0.3, -0.25) is 14.6 Å². The number of carbonyl (C=O) groups is 2. The number of pyridine rings is 1. The fraction of sp³-hybridized carbons (Fsp3) is 0.588. The van der Waals surface area contributed by atoms with Crippen LogP contribution in [0.15, 0.2) is 18.3 Å². The summed E-state index contributed by atoms with van der Waals surface area (Å²) in [6, 6.07) is 3.27. The lowest BCUT2D eigenvalue weighted by atomic mass is 9.98. The number of nitrogens with one attached hydrogen (secondary N) is 1. The second-order valence-corrected chi connectivity index (χ2v) is 6.51. The molecule has 1 aliphatic heterocycles. The summed E-state index contributed by atoms with van der Waals surface area (Å²) in [6.45, 7) is 8.46. The molecule has 1 aromatic heterocycles. The van der Waals surface area contributed by atoms with E-state index in [0.29, 0.717) is 29.6 Å². The first-order valence-corrected chi connectivity index (χ1v) is 8.01. The lowest BCUT2D eigenvalue weighted by molar-refractivity contribution is 0.0697. The van der Waals surface area contributed by atoms with Gasteiger partial charge in [-0.05, 0) is 36.8 Å². The summed E-state index contributed by atoms with van der Waals surface area (Å²) in [4.78, 5) is 30.5. The average molecular weight is 303 g/mol. The molecule has 1 aromatic rings. The van der Waals surface area contributed by atoms with E-state index >= 15 is 0 Å². The van der Waals surface area contributed by atoms with Crippen molar-refractivity contribution >= 4 is 11.8 Å². The summed E-state index contributed by atoms with van der Waals surface area (Å²) in [6.07, 6.45) is 3.61.